The van der Waals surface area contributed by atoms with Crippen molar-refractivity contribution in [2.24, 2.45) is 0 Å². The van der Waals surface area contributed by atoms with Crippen LogP contribution in [0.1, 0.15) is 20.9 Å². The van der Waals surface area contributed by atoms with Crippen molar-refractivity contribution in [1.82, 2.24) is 4.98 Å². The molecule has 0 atom stereocenters. The van der Waals surface area contributed by atoms with Crippen molar-refractivity contribution in [1.29, 1.82) is 0 Å². The predicted molar refractivity (Wildman–Crippen MR) is 103 cm³/mol. The first-order valence-corrected chi connectivity index (χ1v) is 10.1. The van der Waals surface area contributed by atoms with Gasteiger partial charge in [-0.2, -0.15) is 0 Å². The Bertz CT molecular complexity index is 1040. The molecule has 3 aromatic rings. The standard InChI is InChI=1S/C18H17N3O3S2/c1-12-6-8-14(9-7-12)21-26(23,24)15-10-11-25-17(15)18(22)20-16-5-3-4-13(2)19-16/h3-11,21H,1-2H3,(H,19,20,22). The maximum Gasteiger partial charge on any atom is 0.268 e. The molecule has 0 saturated heterocycles. The molecular weight excluding hydrogens is 370 g/mol. The molecule has 0 saturated carbocycles. The van der Waals surface area contributed by atoms with E-state index in [1.165, 1.54) is 6.07 Å². The van der Waals surface area contributed by atoms with E-state index in [1.54, 1.807) is 29.6 Å². The highest BCUT2D eigenvalue weighted by Gasteiger charge is 2.24. The summed E-state index contributed by atoms with van der Waals surface area (Å²) in [6, 6.07) is 13.6. The number of carbonyl (C=O) groups is 1. The van der Waals surface area contributed by atoms with Crippen LogP contribution in [-0.4, -0.2) is 19.3 Å². The Morgan fingerprint density at radius 3 is 2.46 bits per heavy atom. The van der Waals surface area contributed by atoms with Crippen molar-refractivity contribution >= 4 is 38.8 Å². The molecule has 0 aliphatic heterocycles. The Hall–Kier alpha value is -2.71. The molecule has 0 spiro atoms. The van der Waals surface area contributed by atoms with Gasteiger partial charge in [-0.3, -0.25) is 9.52 Å². The molecule has 8 heteroatoms. The number of carbonyl (C=O) groups excluding carboxylic acids is 1. The smallest absolute Gasteiger partial charge is 0.268 e. The average Bonchev–Trinajstić information content (AvgIpc) is 3.08. The summed E-state index contributed by atoms with van der Waals surface area (Å²) in [4.78, 5) is 16.8. The van der Waals surface area contributed by atoms with Crippen molar-refractivity contribution in [3.8, 4) is 0 Å². The van der Waals surface area contributed by atoms with Crippen molar-refractivity contribution in [2.75, 3.05) is 10.0 Å². The van der Waals surface area contributed by atoms with Crippen LogP contribution in [0.5, 0.6) is 0 Å². The Morgan fingerprint density at radius 1 is 1.04 bits per heavy atom. The Kier molecular flexibility index (Phi) is 5.06. The summed E-state index contributed by atoms with van der Waals surface area (Å²) in [5.74, 6) is -0.138. The van der Waals surface area contributed by atoms with Gasteiger partial charge < -0.3 is 5.32 Å². The molecule has 2 N–H and O–H groups in total. The molecule has 134 valence electrons. The Morgan fingerprint density at radius 2 is 1.77 bits per heavy atom. The third-order valence-electron chi connectivity index (χ3n) is 3.56. The summed E-state index contributed by atoms with van der Waals surface area (Å²) in [6.45, 7) is 3.72. The fourth-order valence-corrected chi connectivity index (χ4v) is 4.67. The zero-order valence-corrected chi connectivity index (χ0v) is 15.8. The SMILES string of the molecule is Cc1ccc(NS(=O)(=O)c2ccsc2C(=O)Nc2cccc(C)n2)cc1. The summed E-state index contributed by atoms with van der Waals surface area (Å²) in [6.07, 6.45) is 0. The molecule has 1 amide bonds. The number of hydrogen-bond donors (Lipinski definition) is 2. The molecule has 0 bridgehead atoms. The number of rotatable bonds is 5. The lowest BCUT2D eigenvalue weighted by molar-refractivity contribution is 0.102. The molecule has 1 aromatic carbocycles. The van der Waals surface area contributed by atoms with Gasteiger partial charge in [-0.05, 0) is 49.6 Å². The highest BCUT2D eigenvalue weighted by molar-refractivity contribution is 7.93. The van der Waals surface area contributed by atoms with E-state index in [1.807, 2.05) is 32.0 Å². The van der Waals surface area contributed by atoms with Gasteiger partial charge in [0.2, 0.25) is 0 Å². The van der Waals surface area contributed by atoms with E-state index in [0.29, 0.717) is 11.5 Å². The molecular formula is C18H17N3O3S2. The monoisotopic (exact) mass is 387 g/mol. The molecule has 0 fully saturated rings. The first-order chi connectivity index (χ1) is 12.3. The molecule has 0 aliphatic rings. The number of nitrogens with one attached hydrogen (secondary N) is 2. The van der Waals surface area contributed by atoms with E-state index < -0.39 is 15.9 Å². The molecule has 3 rings (SSSR count). The number of nitrogens with zero attached hydrogens (tertiary/aromatic N) is 1. The fraction of sp³-hybridized carbons (Fsp3) is 0.111. The van der Waals surface area contributed by atoms with Crippen LogP contribution in [0.15, 0.2) is 58.8 Å². The molecule has 0 aliphatic carbocycles. The van der Waals surface area contributed by atoms with E-state index in [2.05, 4.69) is 15.0 Å². The first-order valence-electron chi connectivity index (χ1n) is 7.77. The molecule has 2 aromatic heterocycles. The van der Waals surface area contributed by atoms with Crippen LogP contribution in [0.25, 0.3) is 0 Å². The van der Waals surface area contributed by atoms with Crippen LogP contribution >= 0.6 is 11.3 Å². The second kappa shape index (κ2) is 7.27. The number of aromatic nitrogens is 1. The summed E-state index contributed by atoms with van der Waals surface area (Å²) >= 11 is 1.06. The lowest BCUT2D eigenvalue weighted by Crippen LogP contribution is -2.18. The van der Waals surface area contributed by atoms with Crippen molar-refractivity contribution in [3.63, 3.8) is 0 Å². The number of sulfonamides is 1. The Labute approximate surface area is 156 Å². The maximum absolute atomic E-state index is 12.7. The molecule has 6 nitrogen and oxygen atoms in total. The molecule has 2 heterocycles. The topological polar surface area (TPSA) is 88.2 Å². The number of aryl methyl sites for hydroxylation is 2. The number of hydrogen-bond acceptors (Lipinski definition) is 5. The highest BCUT2D eigenvalue weighted by atomic mass is 32.2. The zero-order chi connectivity index (χ0) is 18.7. The van der Waals surface area contributed by atoms with Crippen molar-refractivity contribution in [2.45, 2.75) is 18.7 Å². The van der Waals surface area contributed by atoms with Crippen LogP contribution in [0.3, 0.4) is 0 Å². The number of benzene rings is 1. The second-order valence-electron chi connectivity index (χ2n) is 5.70. The van der Waals surface area contributed by atoms with E-state index in [4.69, 9.17) is 0 Å². The molecule has 26 heavy (non-hydrogen) atoms. The van der Waals surface area contributed by atoms with Gasteiger partial charge >= 0.3 is 0 Å². The zero-order valence-electron chi connectivity index (χ0n) is 14.2. The van der Waals surface area contributed by atoms with Gasteiger partial charge in [0.15, 0.2) is 0 Å². The van der Waals surface area contributed by atoms with Gasteiger partial charge in [-0.1, -0.05) is 23.8 Å². The van der Waals surface area contributed by atoms with Gasteiger partial charge in [-0.25, -0.2) is 13.4 Å². The van der Waals surface area contributed by atoms with Crippen LogP contribution in [-0.2, 0) is 10.0 Å². The number of pyridine rings is 1. The maximum atomic E-state index is 12.7. The van der Waals surface area contributed by atoms with Crippen LogP contribution in [0.2, 0.25) is 0 Å². The van der Waals surface area contributed by atoms with Crippen LogP contribution in [0, 0.1) is 13.8 Å². The second-order valence-corrected chi connectivity index (χ2v) is 8.27. The van der Waals surface area contributed by atoms with Gasteiger partial charge in [-0.15, -0.1) is 11.3 Å². The minimum atomic E-state index is -3.88. The minimum Gasteiger partial charge on any atom is -0.306 e. The lowest BCUT2D eigenvalue weighted by atomic mass is 10.2. The number of anilines is 2. The van der Waals surface area contributed by atoms with Crippen molar-refractivity contribution in [3.05, 3.63) is 70.0 Å². The summed E-state index contributed by atoms with van der Waals surface area (Å²) in [5.41, 5.74) is 2.21. The van der Waals surface area contributed by atoms with E-state index in [0.717, 1.165) is 22.6 Å². The minimum absolute atomic E-state index is 0.0618. The van der Waals surface area contributed by atoms with Gasteiger partial charge in [0.1, 0.15) is 15.6 Å². The van der Waals surface area contributed by atoms with E-state index in [9.17, 15) is 13.2 Å². The quantitative estimate of drug-likeness (QED) is 0.697. The number of thiophene rings is 1. The predicted octanol–water partition coefficient (Wildman–Crippen LogP) is 3.81. The molecule has 0 unspecified atom stereocenters. The third-order valence-corrected chi connectivity index (χ3v) is 6.02. The Balaban J connectivity index is 1.84. The summed E-state index contributed by atoms with van der Waals surface area (Å²) in [5, 5.41) is 4.21. The highest BCUT2D eigenvalue weighted by Crippen LogP contribution is 2.25. The summed E-state index contributed by atoms with van der Waals surface area (Å²) < 4.78 is 27.9. The van der Waals surface area contributed by atoms with E-state index >= 15 is 0 Å². The number of amides is 1. The van der Waals surface area contributed by atoms with Gasteiger partial charge in [0, 0.05) is 11.4 Å². The van der Waals surface area contributed by atoms with E-state index in [-0.39, 0.29) is 9.77 Å². The van der Waals surface area contributed by atoms with Gasteiger partial charge in [0.05, 0.1) is 0 Å². The van der Waals surface area contributed by atoms with Gasteiger partial charge in [0.25, 0.3) is 15.9 Å². The third kappa shape index (κ3) is 4.09. The lowest BCUT2D eigenvalue weighted by Gasteiger charge is -2.09. The van der Waals surface area contributed by atoms with Crippen LogP contribution < -0.4 is 10.0 Å². The fourth-order valence-electron chi connectivity index (χ4n) is 2.29. The summed E-state index contributed by atoms with van der Waals surface area (Å²) in [7, 11) is -3.88. The molecule has 0 radical (unpaired) electrons. The normalized spacial score (nSPS) is 11.2. The first kappa shape index (κ1) is 18.1. The largest absolute Gasteiger partial charge is 0.306 e. The average molecular weight is 387 g/mol. The van der Waals surface area contributed by atoms with Crippen molar-refractivity contribution < 1.29 is 13.2 Å². The van der Waals surface area contributed by atoms with Crippen LogP contribution in [0.4, 0.5) is 11.5 Å².